The van der Waals surface area contributed by atoms with Crippen molar-refractivity contribution in [2.45, 2.75) is 26.9 Å². The van der Waals surface area contributed by atoms with Crippen molar-refractivity contribution >= 4 is 17.9 Å². The van der Waals surface area contributed by atoms with Gasteiger partial charge in [0.25, 0.3) is 0 Å². The van der Waals surface area contributed by atoms with Crippen molar-refractivity contribution in [3.63, 3.8) is 0 Å². The lowest BCUT2D eigenvalue weighted by molar-refractivity contribution is -0.137. The summed E-state index contributed by atoms with van der Waals surface area (Å²) < 4.78 is 15.3. The third-order valence-electron chi connectivity index (χ3n) is 3.20. The average molecular weight is 294 g/mol. The van der Waals surface area contributed by atoms with Crippen LogP contribution >= 0.6 is 0 Å². The number of hydrogen-bond donors (Lipinski definition) is 1. The van der Waals surface area contributed by atoms with E-state index in [1.54, 1.807) is 6.92 Å². The summed E-state index contributed by atoms with van der Waals surface area (Å²) in [5.74, 6) is -2.24. The maximum Gasteiger partial charge on any atom is 0.342 e. The minimum atomic E-state index is -1.13. The van der Waals surface area contributed by atoms with Gasteiger partial charge in [-0.2, -0.15) is 0 Å². The number of cyclic esters (lactones) is 1. The number of carbonyl (C=O) groups excluding carboxylic acids is 2. The van der Waals surface area contributed by atoms with Crippen molar-refractivity contribution < 1.29 is 33.7 Å². The highest BCUT2D eigenvalue weighted by atomic mass is 16.6. The summed E-state index contributed by atoms with van der Waals surface area (Å²) in [7, 11) is 1.38. The molecule has 0 fully saturated rings. The van der Waals surface area contributed by atoms with E-state index >= 15 is 0 Å². The van der Waals surface area contributed by atoms with Gasteiger partial charge < -0.3 is 19.3 Å². The van der Waals surface area contributed by atoms with Crippen LogP contribution in [0.2, 0.25) is 0 Å². The van der Waals surface area contributed by atoms with Gasteiger partial charge in [0.05, 0.1) is 13.5 Å². The molecule has 21 heavy (non-hydrogen) atoms. The van der Waals surface area contributed by atoms with E-state index in [-0.39, 0.29) is 29.2 Å². The number of aliphatic carboxylic acids is 1. The fraction of sp³-hybridized carbons (Fsp3) is 0.357. The molecular formula is C14H14O7. The second-order valence-electron chi connectivity index (χ2n) is 4.56. The summed E-state index contributed by atoms with van der Waals surface area (Å²) in [6.07, 6.45) is -0.437. The summed E-state index contributed by atoms with van der Waals surface area (Å²) in [4.78, 5) is 34.2. The lowest BCUT2D eigenvalue weighted by Crippen LogP contribution is -2.14. The minimum absolute atomic E-state index is 0.0397. The van der Waals surface area contributed by atoms with E-state index in [0.717, 1.165) is 0 Å². The zero-order chi connectivity index (χ0) is 15.7. The Labute approximate surface area is 120 Å². The molecule has 0 spiro atoms. The molecule has 0 bridgehead atoms. The molecule has 0 aliphatic carbocycles. The Morgan fingerprint density at radius 3 is 2.52 bits per heavy atom. The second kappa shape index (κ2) is 5.43. The van der Waals surface area contributed by atoms with Crippen molar-refractivity contribution in [2.75, 3.05) is 7.11 Å². The number of carboxylic acids is 1. The van der Waals surface area contributed by atoms with Crippen LogP contribution in [-0.2, 0) is 27.4 Å². The zero-order valence-corrected chi connectivity index (χ0v) is 11.8. The Morgan fingerprint density at radius 1 is 1.33 bits per heavy atom. The molecule has 1 aromatic carbocycles. The molecule has 0 aromatic heterocycles. The summed E-state index contributed by atoms with van der Waals surface area (Å²) in [5, 5.41) is 9.04. The number of methoxy groups -OCH3 is 1. The number of ether oxygens (including phenoxy) is 3. The Hall–Kier alpha value is -2.57. The van der Waals surface area contributed by atoms with Crippen molar-refractivity contribution in [1.29, 1.82) is 0 Å². The normalized spacial score (nSPS) is 12.6. The first-order chi connectivity index (χ1) is 9.86. The van der Waals surface area contributed by atoms with Crippen LogP contribution in [0.4, 0.5) is 0 Å². The van der Waals surface area contributed by atoms with E-state index < -0.39 is 24.3 Å². The number of hydrogen-bond acceptors (Lipinski definition) is 6. The van der Waals surface area contributed by atoms with Crippen LogP contribution in [-0.4, -0.2) is 30.1 Å². The van der Waals surface area contributed by atoms with E-state index in [1.165, 1.54) is 14.0 Å². The lowest BCUT2D eigenvalue weighted by atomic mass is 9.95. The largest absolute Gasteiger partial charge is 0.496 e. The maximum absolute atomic E-state index is 11.9. The Morgan fingerprint density at radius 2 is 2.00 bits per heavy atom. The van der Waals surface area contributed by atoms with E-state index in [1.807, 2.05) is 0 Å². The summed E-state index contributed by atoms with van der Waals surface area (Å²) in [6, 6.07) is 0. The first-order valence-electron chi connectivity index (χ1n) is 6.16. The van der Waals surface area contributed by atoms with Gasteiger partial charge in [-0.15, -0.1) is 0 Å². The molecule has 1 N–H and O–H groups in total. The number of carbonyl (C=O) groups is 3. The molecule has 7 heteroatoms. The van der Waals surface area contributed by atoms with Crippen molar-refractivity contribution in [2.24, 2.45) is 0 Å². The topological polar surface area (TPSA) is 99.1 Å². The van der Waals surface area contributed by atoms with Crippen molar-refractivity contribution in [1.82, 2.24) is 0 Å². The fourth-order valence-electron chi connectivity index (χ4n) is 2.39. The number of carboxylic acid groups (broad SMARTS) is 1. The molecule has 0 saturated carbocycles. The monoisotopic (exact) mass is 294 g/mol. The summed E-state index contributed by atoms with van der Waals surface area (Å²) >= 11 is 0. The maximum atomic E-state index is 11.9. The smallest absolute Gasteiger partial charge is 0.342 e. The number of esters is 2. The third-order valence-corrected chi connectivity index (χ3v) is 3.20. The van der Waals surface area contributed by atoms with Crippen LogP contribution in [0.3, 0.4) is 0 Å². The third kappa shape index (κ3) is 2.54. The van der Waals surface area contributed by atoms with Crippen LogP contribution in [0, 0.1) is 6.92 Å². The van der Waals surface area contributed by atoms with E-state index in [4.69, 9.17) is 19.3 Å². The quantitative estimate of drug-likeness (QED) is 0.658. The molecule has 112 valence electrons. The van der Waals surface area contributed by atoms with Gasteiger partial charge in [0.2, 0.25) is 0 Å². The molecule has 0 radical (unpaired) electrons. The average Bonchev–Trinajstić information content (AvgIpc) is 2.76. The molecular weight excluding hydrogens is 280 g/mol. The minimum Gasteiger partial charge on any atom is -0.496 e. The van der Waals surface area contributed by atoms with E-state index in [2.05, 4.69) is 0 Å². The van der Waals surface area contributed by atoms with Crippen LogP contribution in [0.25, 0.3) is 0 Å². The SMILES string of the molecule is COc1c(C)c2c(c(OC(C)=O)c1CC(=O)O)C(=O)OC2. The van der Waals surface area contributed by atoms with Gasteiger partial charge in [0.15, 0.2) is 5.75 Å². The molecule has 0 unspecified atom stereocenters. The van der Waals surface area contributed by atoms with Crippen LogP contribution in [0.15, 0.2) is 0 Å². The molecule has 0 saturated heterocycles. The van der Waals surface area contributed by atoms with Gasteiger partial charge >= 0.3 is 17.9 Å². The first-order valence-corrected chi connectivity index (χ1v) is 6.16. The zero-order valence-electron chi connectivity index (χ0n) is 11.8. The number of rotatable bonds is 4. The van der Waals surface area contributed by atoms with Gasteiger partial charge in [0.1, 0.15) is 17.9 Å². The molecule has 0 atom stereocenters. The van der Waals surface area contributed by atoms with Gasteiger partial charge in [-0.05, 0) is 12.5 Å². The van der Waals surface area contributed by atoms with Crippen LogP contribution in [0.5, 0.6) is 11.5 Å². The van der Waals surface area contributed by atoms with Crippen LogP contribution < -0.4 is 9.47 Å². The van der Waals surface area contributed by atoms with Crippen molar-refractivity contribution in [3.8, 4) is 11.5 Å². The Kier molecular flexibility index (Phi) is 3.84. The molecule has 1 heterocycles. The molecule has 1 aromatic rings. The van der Waals surface area contributed by atoms with Crippen LogP contribution in [0.1, 0.15) is 34.0 Å². The van der Waals surface area contributed by atoms with Gasteiger partial charge in [-0.25, -0.2) is 4.79 Å². The highest BCUT2D eigenvalue weighted by molar-refractivity contribution is 5.99. The summed E-state index contributed by atoms with van der Waals surface area (Å²) in [6.45, 7) is 2.91. The molecule has 1 aliphatic rings. The van der Waals surface area contributed by atoms with Gasteiger partial charge in [0, 0.05) is 18.1 Å². The predicted octanol–water partition coefficient (Wildman–Crippen LogP) is 1.23. The molecule has 2 rings (SSSR count). The van der Waals surface area contributed by atoms with Crippen molar-refractivity contribution in [3.05, 3.63) is 22.3 Å². The fourth-order valence-corrected chi connectivity index (χ4v) is 2.39. The number of benzene rings is 1. The highest BCUT2D eigenvalue weighted by Gasteiger charge is 2.34. The Bertz CT molecular complexity index is 645. The predicted molar refractivity (Wildman–Crippen MR) is 69.5 cm³/mol. The lowest BCUT2D eigenvalue weighted by Gasteiger charge is -2.17. The molecule has 7 nitrogen and oxygen atoms in total. The van der Waals surface area contributed by atoms with Gasteiger partial charge in [-0.3, -0.25) is 9.59 Å². The number of fused-ring (bicyclic) bond motifs is 1. The van der Waals surface area contributed by atoms with Gasteiger partial charge in [-0.1, -0.05) is 0 Å². The molecule has 0 amide bonds. The highest BCUT2D eigenvalue weighted by Crippen LogP contribution is 2.42. The summed E-state index contributed by atoms with van der Waals surface area (Å²) in [5.41, 5.74) is 1.39. The molecule has 1 aliphatic heterocycles. The first kappa shape index (κ1) is 14.8. The van der Waals surface area contributed by atoms with E-state index in [9.17, 15) is 14.4 Å². The standard InChI is InChI=1S/C14H14O7/c1-6-9-5-20-14(18)11(9)13(21-7(2)15)8(4-10(16)17)12(6)19-3/h4-5H2,1-3H3,(H,16,17). The Balaban J connectivity index is 2.78. The van der Waals surface area contributed by atoms with E-state index in [0.29, 0.717) is 11.1 Å². The second-order valence-corrected chi connectivity index (χ2v) is 4.56.